The number of methoxy groups -OCH3 is 1. The van der Waals surface area contributed by atoms with Crippen molar-refractivity contribution in [2.24, 2.45) is 17.8 Å². The summed E-state index contributed by atoms with van der Waals surface area (Å²) < 4.78 is 44.8. The molecule has 0 aromatic heterocycles. The summed E-state index contributed by atoms with van der Waals surface area (Å²) in [5, 5.41) is 48.5. The highest BCUT2D eigenvalue weighted by atomic mass is 16.7. The maximum Gasteiger partial charge on any atom is 0.311 e. The number of carbonyl (C=O) groups excluding carboxylic acids is 1. The van der Waals surface area contributed by atoms with E-state index in [-0.39, 0.29) is 25.0 Å². The van der Waals surface area contributed by atoms with Gasteiger partial charge in [0, 0.05) is 38.5 Å². The largest absolute Gasteiger partial charge is 0.488 e. The molecule has 0 aromatic carbocycles. The number of fused-ring (bicyclic) bond motifs is 2. The van der Waals surface area contributed by atoms with E-state index in [0.717, 1.165) is 5.57 Å². The van der Waals surface area contributed by atoms with Gasteiger partial charge in [-0.3, -0.25) is 4.79 Å². The van der Waals surface area contributed by atoms with Gasteiger partial charge in [0.25, 0.3) is 0 Å². The summed E-state index contributed by atoms with van der Waals surface area (Å²) in [5.74, 6) is -2.32. The van der Waals surface area contributed by atoms with Gasteiger partial charge < -0.3 is 58.9 Å². The Morgan fingerprint density at radius 3 is 2.39 bits per heavy atom. The number of carbonyl (C=O) groups is 1. The molecule has 4 rings (SSSR count). The van der Waals surface area contributed by atoms with E-state index in [1.54, 1.807) is 33.8 Å². The lowest BCUT2D eigenvalue weighted by molar-refractivity contribution is -0.314. The Labute approximate surface area is 304 Å². The fourth-order valence-electron chi connectivity index (χ4n) is 8.67. The van der Waals surface area contributed by atoms with E-state index >= 15 is 0 Å². The smallest absolute Gasteiger partial charge is 0.311 e. The first-order valence-electron chi connectivity index (χ1n) is 18.6. The predicted molar refractivity (Wildman–Crippen MR) is 188 cm³/mol. The van der Waals surface area contributed by atoms with Crippen molar-refractivity contribution in [3.8, 4) is 0 Å². The molecule has 5 unspecified atom stereocenters. The predicted octanol–water partition coefficient (Wildman–Crippen LogP) is 3.11. The number of esters is 1. The van der Waals surface area contributed by atoms with Crippen LogP contribution in [0.2, 0.25) is 0 Å². The summed E-state index contributed by atoms with van der Waals surface area (Å²) in [6.45, 7) is 22.2. The van der Waals surface area contributed by atoms with E-state index in [9.17, 15) is 25.2 Å². The number of hydrogen-bond donors (Lipinski definition) is 5. The summed E-state index contributed by atoms with van der Waals surface area (Å²) in [4.78, 5) is 14.3. The second-order valence-electron chi connectivity index (χ2n) is 16.1. The van der Waals surface area contributed by atoms with Crippen molar-refractivity contribution < 1.29 is 58.4 Å². The zero-order valence-corrected chi connectivity index (χ0v) is 32.5. The molecule has 0 amide bonds. The Morgan fingerprint density at radius 1 is 1.12 bits per heavy atom. The van der Waals surface area contributed by atoms with Gasteiger partial charge in [0.1, 0.15) is 41.4 Å². The van der Waals surface area contributed by atoms with Crippen LogP contribution >= 0.6 is 0 Å². The van der Waals surface area contributed by atoms with E-state index in [2.05, 4.69) is 11.9 Å². The van der Waals surface area contributed by atoms with Crippen molar-refractivity contribution in [2.75, 3.05) is 13.7 Å². The van der Waals surface area contributed by atoms with E-state index in [1.807, 2.05) is 34.6 Å². The maximum absolute atomic E-state index is 14.3. The molecule has 2 bridgehead atoms. The highest BCUT2D eigenvalue weighted by molar-refractivity contribution is 5.73. The first-order valence-corrected chi connectivity index (χ1v) is 18.6. The minimum atomic E-state index is -1.83. The molecule has 4 aliphatic heterocycles. The molecule has 13 heteroatoms. The molecule has 17 atom stereocenters. The van der Waals surface area contributed by atoms with Gasteiger partial charge in [-0.25, -0.2) is 0 Å². The lowest BCUT2D eigenvalue weighted by Crippen LogP contribution is -2.60. The average molecular weight is 728 g/mol. The number of nitrogens with one attached hydrogen (secondary N) is 1. The van der Waals surface area contributed by atoms with E-state index < -0.39 is 95.8 Å². The van der Waals surface area contributed by atoms with Crippen molar-refractivity contribution in [1.82, 2.24) is 5.32 Å². The van der Waals surface area contributed by atoms with Crippen molar-refractivity contribution >= 4 is 5.97 Å². The van der Waals surface area contributed by atoms with Gasteiger partial charge in [-0.1, -0.05) is 26.8 Å². The molecule has 0 radical (unpaired) electrons. The first-order chi connectivity index (χ1) is 23.7. The van der Waals surface area contributed by atoms with Crippen LogP contribution in [0.5, 0.6) is 0 Å². The summed E-state index contributed by atoms with van der Waals surface area (Å²) in [5.41, 5.74) is -2.99. The summed E-state index contributed by atoms with van der Waals surface area (Å²) >= 11 is 0. The molecule has 51 heavy (non-hydrogen) atoms. The number of hydrogen-bond acceptors (Lipinski definition) is 13. The number of cyclic esters (lactones) is 1. The third-order valence-electron chi connectivity index (χ3n) is 11.8. The van der Waals surface area contributed by atoms with Gasteiger partial charge in [-0.05, 0) is 66.9 Å². The molecule has 0 aromatic rings. The molecule has 294 valence electrons. The lowest BCUT2D eigenvalue weighted by atomic mass is 9.78. The lowest BCUT2D eigenvalue weighted by Gasteiger charge is -2.48. The highest BCUT2D eigenvalue weighted by Crippen LogP contribution is 2.48. The van der Waals surface area contributed by atoms with Gasteiger partial charge in [-0.2, -0.15) is 0 Å². The zero-order valence-electron chi connectivity index (χ0n) is 32.5. The molecule has 3 fully saturated rings. The van der Waals surface area contributed by atoms with Gasteiger partial charge in [-0.15, -0.1) is 6.58 Å². The molecule has 5 N–H and O–H groups in total. The fourth-order valence-corrected chi connectivity index (χ4v) is 8.67. The van der Waals surface area contributed by atoms with Gasteiger partial charge in [0.05, 0.1) is 41.9 Å². The minimum absolute atomic E-state index is 0.166. The Balaban J connectivity index is 1.82. The van der Waals surface area contributed by atoms with Crippen LogP contribution in [0.25, 0.3) is 0 Å². The van der Waals surface area contributed by atoms with Crippen LogP contribution < -0.4 is 5.32 Å². The van der Waals surface area contributed by atoms with E-state index in [1.165, 1.54) is 14.0 Å². The molecule has 0 spiro atoms. The number of aliphatic hydroxyl groups excluding tert-OH is 3. The quantitative estimate of drug-likeness (QED) is 0.155. The van der Waals surface area contributed by atoms with E-state index in [4.69, 9.17) is 33.2 Å². The fraction of sp³-hybridized carbons (Fsp3) is 0.868. The van der Waals surface area contributed by atoms with Crippen molar-refractivity contribution in [1.29, 1.82) is 0 Å². The van der Waals surface area contributed by atoms with Crippen LogP contribution in [0.4, 0.5) is 0 Å². The molecular formula is C38H65NO12. The normalized spacial score (nSPS) is 45.6. The third kappa shape index (κ3) is 8.53. The second-order valence-corrected chi connectivity index (χ2v) is 16.1. The van der Waals surface area contributed by atoms with E-state index in [0.29, 0.717) is 25.1 Å². The van der Waals surface area contributed by atoms with Crippen molar-refractivity contribution in [3.05, 3.63) is 24.0 Å². The van der Waals surface area contributed by atoms with Gasteiger partial charge >= 0.3 is 5.97 Å². The van der Waals surface area contributed by atoms with Crippen LogP contribution in [-0.2, 0) is 38.0 Å². The Hall–Kier alpha value is -1.65. The number of ether oxygens (including phenoxy) is 7. The molecule has 0 aliphatic carbocycles. The molecule has 13 nitrogen and oxygen atoms in total. The molecule has 4 aliphatic rings. The van der Waals surface area contributed by atoms with Gasteiger partial charge in [0.15, 0.2) is 12.6 Å². The molecule has 3 saturated heterocycles. The number of rotatable bonds is 11. The van der Waals surface area contributed by atoms with Crippen molar-refractivity contribution in [2.45, 2.75) is 179 Å². The monoisotopic (exact) mass is 727 g/mol. The van der Waals surface area contributed by atoms with Crippen LogP contribution in [-0.4, -0.2) is 124 Å². The second kappa shape index (κ2) is 16.4. The average Bonchev–Trinajstić information content (AvgIpc) is 3.39. The zero-order chi connectivity index (χ0) is 38.2. The summed E-state index contributed by atoms with van der Waals surface area (Å²) in [7, 11) is 1.52. The SMILES string of the molecule is C=CCNC1CC(C)O[C@@H](O[C@@H]2[C@@H](C)[C@H](O[C@H]3CC(C)(OC)[C@@H](O)C(C)O3)[C@@H](C)C(=O)O[C@@H]([C@](C)(O)[C@H](O)CC)[C@@H](C)C3=C(C)C[C@@]2(C)O3)C1O. The maximum atomic E-state index is 14.3. The molecular weight excluding hydrogens is 662 g/mol. The minimum Gasteiger partial charge on any atom is -0.488 e. The van der Waals surface area contributed by atoms with Crippen LogP contribution in [0.1, 0.15) is 94.9 Å². The molecule has 4 heterocycles. The standard InChI is InChI=1S/C38H65NO12/c1-13-15-39-25-16-20(4)46-35(28(25)41)50-32-22(6)30(48-27-18-36(9,45-12)31(42)24(8)47-27)23(7)34(43)49-33(38(11,44)26(40)14-2)21(5)29-19(3)17-37(32,10)51-29/h13,20-28,30-33,35,39-42,44H,1,14-18H2,2-12H3/t20?,21-,22-,23+,24?,25?,26+,27-,28?,30-,31-,32+,33+,35-,36?,37+,38+/m0/s1. The topological polar surface area (TPSA) is 175 Å². The summed E-state index contributed by atoms with van der Waals surface area (Å²) in [6, 6.07) is -0.327. The number of aliphatic hydroxyl groups is 4. The first kappa shape index (κ1) is 42.1. The Kier molecular flexibility index (Phi) is 13.5. The Bertz CT molecular complexity index is 1250. The highest BCUT2D eigenvalue weighted by Gasteiger charge is 2.56. The Morgan fingerprint density at radius 2 is 1.78 bits per heavy atom. The van der Waals surface area contributed by atoms with Crippen LogP contribution in [0.3, 0.4) is 0 Å². The van der Waals surface area contributed by atoms with Gasteiger partial charge in [0.2, 0.25) is 0 Å². The molecule has 0 saturated carbocycles. The van der Waals surface area contributed by atoms with Crippen LogP contribution in [0.15, 0.2) is 24.0 Å². The van der Waals surface area contributed by atoms with Crippen molar-refractivity contribution in [3.63, 3.8) is 0 Å². The third-order valence-corrected chi connectivity index (χ3v) is 11.8. The summed E-state index contributed by atoms with van der Waals surface area (Å²) in [6.07, 6.45) is -5.80. The van der Waals surface area contributed by atoms with Crippen LogP contribution in [0, 0.1) is 17.8 Å².